The van der Waals surface area contributed by atoms with Gasteiger partial charge >= 0.3 is 11.9 Å². The third kappa shape index (κ3) is 8.23. The van der Waals surface area contributed by atoms with Gasteiger partial charge in [-0.2, -0.15) is 0 Å². The summed E-state index contributed by atoms with van der Waals surface area (Å²) in [5.74, 6) is -2.62. The zero-order valence-corrected chi connectivity index (χ0v) is 13.3. The molecule has 0 radical (unpaired) electrons. The number of hydrogen-bond donors (Lipinski definition) is 3. The molecule has 3 N–H and O–H groups in total. The molecular formula is C14H24N2O6. The molecule has 0 aromatic carbocycles. The van der Waals surface area contributed by atoms with Gasteiger partial charge in [-0.1, -0.05) is 13.8 Å². The van der Waals surface area contributed by atoms with Crippen molar-refractivity contribution in [2.75, 3.05) is 7.11 Å². The summed E-state index contributed by atoms with van der Waals surface area (Å²) in [6.07, 6.45) is 0.180. The quantitative estimate of drug-likeness (QED) is 0.517. The first kappa shape index (κ1) is 19.9. The van der Waals surface area contributed by atoms with E-state index in [9.17, 15) is 19.2 Å². The lowest BCUT2D eigenvalue weighted by Gasteiger charge is -2.22. The van der Waals surface area contributed by atoms with Gasteiger partial charge in [0.1, 0.15) is 12.1 Å². The van der Waals surface area contributed by atoms with Gasteiger partial charge in [0, 0.05) is 13.3 Å². The highest BCUT2D eigenvalue weighted by molar-refractivity contribution is 5.90. The molecule has 8 heteroatoms. The van der Waals surface area contributed by atoms with E-state index in [1.807, 2.05) is 13.8 Å². The van der Waals surface area contributed by atoms with Gasteiger partial charge in [0.2, 0.25) is 11.8 Å². The number of carboxylic acids is 1. The van der Waals surface area contributed by atoms with Crippen molar-refractivity contribution in [1.29, 1.82) is 0 Å². The Morgan fingerprint density at radius 3 is 2.09 bits per heavy atom. The number of aliphatic carboxylic acids is 1. The molecule has 2 atom stereocenters. The van der Waals surface area contributed by atoms with Crippen molar-refractivity contribution >= 4 is 23.8 Å². The van der Waals surface area contributed by atoms with Crippen LogP contribution in [0.2, 0.25) is 0 Å². The van der Waals surface area contributed by atoms with Crippen molar-refractivity contribution < 1.29 is 29.0 Å². The van der Waals surface area contributed by atoms with E-state index < -0.39 is 29.9 Å². The average Bonchev–Trinajstić information content (AvgIpc) is 2.40. The molecule has 0 spiro atoms. The van der Waals surface area contributed by atoms with Crippen LogP contribution in [0.1, 0.15) is 40.0 Å². The summed E-state index contributed by atoms with van der Waals surface area (Å²) < 4.78 is 4.44. The molecule has 0 fully saturated rings. The molecule has 0 aliphatic heterocycles. The molecule has 126 valence electrons. The minimum atomic E-state index is -1.25. The number of carbonyl (C=O) groups is 4. The van der Waals surface area contributed by atoms with Crippen LogP contribution < -0.4 is 10.6 Å². The van der Waals surface area contributed by atoms with Crippen LogP contribution in [-0.2, 0) is 23.9 Å². The number of amides is 2. The molecule has 0 saturated carbocycles. The van der Waals surface area contributed by atoms with Crippen molar-refractivity contribution in [3.05, 3.63) is 0 Å². The summed E-state index contributed by atoms with van der Waals surface area (Å²) in [7, 11) is 1.20. The fraction of sp³-hybridized carbons (Fsp3) is 0.714. The summed E-state index contributed by atoms with van der Waals surface area (Å²) in [4.78, 5) is 45.5. The van der Waals surface area contributed by atoms with Crippen molar-refractivity contribution in [2.24, 2.45) is 5.92 Å². The van der Waals surface area contributed by atoms with Crippen LogP contribution in [0, 0.1) is 5.92 Å². The van der Waals surface area contributed by atoms with Crippen LogP contribution in [0.5, 0.6) is 0 Å². The molecule has 8 nitrogen and oxygen atoms in total. The van der Waals surface area contributed by atoms with E-state index >= 15 is 0 Å². The summed E-state index contributed by atoms with van der Waals surface area (Å²) >= 11 is 0. The third-order valence-corrected chi connectivity index (χ3v) is 2.88. The summed E-state index contributed by atoms with van der Waals surface area (Å²) in [6.45, 7) is 5.05. The van der Waals surface area contributed by atoms with Gasteiger partial charge < -0.3 is 20.5 Å². The summed E-state index contributed by atoms with van der Waals surface area (Å²) in [6, 6.07) is -2.02. The molecule has 0 bridgehead atoms. The Morgan fingerprint density at radius 2 is 1.68 bits per heavy atom. The molecule has 0 rings (SSSR count). The lowest BCUT2D eigenvalue weighted by atomic mass is 10.0. The van der Waals surface area contributed by atoms with Crippen molar-refractivity contribution in [1.82, 2.24) is 10.6 Å². The Labute approximate surface area is 129 Å². The maximum atomic E-state index is 12.1. The Kier molecular flexibility index (Phi) is 8.81. The van der Waals surface area contributed by atoms with Gasteiger partial charge in [-0.05, 0) is 18.8 Å². The highest BCUT2D eigenvalue weighted by Gasteiger charge is 2.26. The fourth-order valence-corrected chi connectivity index (χ4v) is 1.84. The number of carbonyl (C=O) groups excluding carboxylic acids is 3. The van der Waals surface area contributed by atoms with Crippen LogP contribution in [-0.4, -0.2) is 48.1 Å². The van der Waals surface area contributed by atoms with E-state index in [1.54, 1.807) is 0 Å². The number of nitrogens with one attached hydrogen (secondary N) is 2. The van der Waals surface area contributed by atoms with Gasteiger partial charge in [-0.3, -0.25) is 14.4 Å². The SMILES string of the molecule is COC(=O)CC[C@@H](NC(=O)[C@H](CC(C)C)NC(C)=O)C(=O)O. The first-order valence-electron chi connectivity index (χ1n) is 7.04. The predicted octanol–water partition coefficient (Wildman–Crippen LogP) is 0.0598. The minimum absolute atomic E-state index is 0.0811. The van der Waals surface area contributed by atoms with E-state index in [4.69, 9.17) is 5.11 Å². The topological polar surface area (TPSA) is 122 Å². The lowest BCUT2D eigenvalue weighted by Crippen LogP contribution is -2.51. The smallest absolute Gasteiger partial charge is 0.326 e. The second kappa shape index (κ2) is 9.75. The predicted molar refractivity (Wildman–Crippen MR) is 77.9 cm³/mol. The highest BCUT2D eigenvalue weighted by atomic mass is 16.5. The van der Waals surface area contributed by atoms with E-state index in [0.29, 0.717) is 6.42 Å². The van der Waals surface area contributed by atoms with Crippen molar-refractivity contribution in [3.8, 4) is 0 Å². The monoisotopic (exact) mass is 316 g/mol. The van der Waals surface area contributed by atoms with Crippen LogP contribution in [0.25, 0.3) is 0 Å². The molecular weight excluding hydrogens is 292 g/mol. The molecule has 0 aliphatic carbocycles. The summed E-state index contributed by atoms with van der Waals surface area (Å²) in [5, 5.41) is 13.9. The lowest BCUT2D eigenvalue weighted by molar-refractivity contribution is -0.144. The Balaban J connectivity index is 4.77. The maximum absolute atomic E-state index is 12.1. The maximum Gasteiger partial charge on any atom is 0.326 e. The van der Waals surface area contributed by atoms with Crippen molar-refractivity contribution in [3.63, 3.8) is 0 Å². The largest absolute Gasteiger partial charge is 0.480 e. The van der Waals surface area contributed by atoms with Crippen LogP contribution >= 0.6 is 0 Å². The van der Waals surface area contributed by atoms with E-state index in [0.717, 1.165) is 0 Å². The average molecular weight is 316 g/mol. The molecule has 0 saturated heterocycles. The standard InChI is InChI=1S/C14H24N2O6/c1-8(2)7-11(15-9(3)17)13(19)16-10(14(20)21)5-6-12(18)22-4/h8,10-11H,5-7H2,1-4H3,(H,15,17)(H,16,19)(H,20,21)/t10-,11+/m1/s1. The van der Waals surface area contributed by atoms with Crippen LogP contribution in [0.4, 0.5) is 0 Å². The Hall–Kier alpha value is -2.12. The fourth-order valence-electron chi connectivity index (χ4n) is 1.84. The normalized spacial score (nSPS) is 13.1. The zero-order chi connectivity index (χ0) is 17.3. The molecule has 0 aliphatic rings. The second-order valence-electron chi connectivity index (χ2n) is 5.40. The van der Waals surface area contributed by atoms with E-state index in [2.05, 4.69) is 15.4 Å². The molecule has 0 heterocycles. The van der Waals surface area contributed by atoms with Gasteiger partial charge in [-0.15, -0.1) is 0 Å². The third-order valence-electron chi connectivity index (χ3n) is 2.88. The molecule has 0 aromatic heterocycles. The number of ether oxygens (including phenoxy) is 1. The van der Waals surface area contributed by atoms with Gasteiger partial charge in [0.15, 0.2) is 0 Å². The van der Waals surface area contributed by atoms with E-state index in [-0.39, 0.29) is 24.7 Å². The van der Waals surface area contributed by atoms with Crippen molar-refractivity contribution in [2.45, 2.75) is 52.1 Å². The Bertz CT molecular complexity index is 422. The van der Waals surface area contributed by atoms with Crippen LogP contribution in [0.3, 0.4) is 0 Å². The first-order valence-corrected chi connectivity index (χ1v) is 7.04. The zero-order valence-electron chi connectivity index (χ0n) is 13.3. The van der Waals surface area contributed by atoms with Gasteiger partial charge in [-0.25, -0.2) is 4.79 Å². The number of hydrogen-bond acceptors (Lipinski definition) is 5. The van der Waals surface area contributed by atoms with Gasteiger partial charge in [0.05, 0.1) is 7.11 Å². The Morgan fingerprint density at radius 1 is 1.09 bits per heavy atom. The van der Waals surface area contributed by atoms with E-state index in [1.165, 1.54) is 14.0 Å². The molecule has 2 amide bonds. The highest BCUT2D eigenvalue weighted by Crippen LogP contribution is 2.07. The first-order chi connectivity index (χ1) is 10.2. The number of esters is 1. The molecule has 0 unspecified atom stereocenters. The molecule has 22 heavy (non-hydrogen) atoms. The van der Waals surface area contributed by atoms with Gasteiger partial charge in [0.25, 0.3) is 0 Å². The minimum Gasteiger partial charge on any atom is -0.480 e. The molecule has 0 aromatic rings. The summed E-state index contributed by atoms with van der Waals surface area (Å²) in [5.41, 5.74) is 0. The number of rotatable bonds is 9. The van der Waals surface area contributed by atoms with Crippen LogP contribution in [0.15, 0.2) is 0 Å². The number of carboxylic acid groups (broad SMARTS) is 1. The number of methoxy groups -OCH3 is 1. The second-order valence-corrected chi connectivity index (χ2v) is 5.40.